The van der Waals surface area contributed by atoms with Crippen molar-refractivity contribution in [3.8, 4) is 5.75 Å². The van der Waals surface area contributed by atoms with E-state index in [4.69, 9.17) is 0 Å². The molecule has 0 saturated carbocycles. The van der Waals surface area contributed by atoms with E-state index in [0.29, 0.717) is 12.1 Å². The van der Waals surface area contributed by atoms with E-state index in [1.165, 1.54) is 6.07 Å². The summed E-state index contributed by atoms with van der Waals surface area (Å²) >= 11 is 0. The van der Waals surface area contributed by atoms with E-state index >= 15 is 0 Å². The minimum absolute atomic E-state index is 0.0113. The van der Waals surface area contributed by atoms with Gasteiger partial charge in [-0.05, 0) is 36.8 Å². The number of para-hydroxylation sites is 2. The molecule has 0 saturated heterocycles. The molecule has 0 aliphatic rings. The molecule has 1 atom stereocenters. The van der Waals surface area contributed by atoms with Gasteiger partial charge in [0.05, 0.1) is 17.1 Å². The number of nitrogens with zero attached hydrogens (tertiary/aromatic N) is 1. The molecule has 21 heavy (non-hydrogen) atoms. The van der Waals surface area contributed by atoms with Gasteiger partial charge in [0.1, 0.15) is 17.4 Å². The minimum atomic E-state index is -0.441. The second-order valence-corrected chi connectivity index (χ2v) is 5.06. The Bertz CT molecular complexity index is 716. The van der Waals surface area contributed by atoms with Crippen LogP contribution in [0.25, 0.3) is 11.0 Å². The molecule has 1 aromatic heterocycles. The van der Waals surface area contributed by atoms with Gasteiger partial charge in [0.25, 0.3) is 0 Å². The van der Waals surface area contributed by atoms with E-state index in [9.17, 15) is 9.50 Å². The molecule has 0 radical (unpaired) electrons. The second-order valence-electron chi connectivity index (χ2n) is 5.06. The molecule has 1 unspecified atom stereocenters. The van der Waals surface area contributed by atoms with Crippen LogP contribution in [0.15, 0.2) is 42.5 Å². The van der Waals surface area contributed by atoms with Crippen molar-refractivity contribution in [3.05, 3.63) is 59.7 Å². The third-order valence-corrected chi connectivity index (χ3v) is 3.37. The summed E-state index contributed by atoms with van der Waals surface area (Å²) in [6, 6.07) is 11.8. The van der Waals surface area contributed by atoms with Crippen LogP contribution >= 0.6 is 0 Å². The number of fused-ring (bicyclic) bond motifs is 1. The highest BCUT2D eigenvalue weighted by Crippen LogP contribution is 2.18. The van der Waals surface area contributed by atoms with E-state index < -0.39 is 5.82 Å². The zero-order chi connectivity index (χ0) is 14.8. The number of phenolic OH excluding ortho intramolecular Hbond substituents is 1. The summed E-state index contributed by atoms with van der Waals surface area (Å²) in [6.07, 6.45) is 0. The highest BCUT2D eigenvalue weighted by molar-refractivity contribution is 5.74. The van der Waals surface area contributed by atoms with Crippen molar-refractivity contribution in [2.75, 3.05) is 0 Å². The monoisotopic (exact) mass is 285 g/mol. The van der Waals surface area contributed by atoms with Crippen molar-refractivity contribution in [2.45, 2.75) is 19.5 Å². The molecule has 4 nitrogen and oxygen atoms in total. The molecular weight excluding hydrogens is 269 g/mol. The Balaban J connectivity index is 1.72. The summed E-state index contributed by atoms with van der Waals surface area (Å²) in [5.41, 5.74) is 2.60. The molecule has 0 amide bonds. The number of nitrogens with one attached hydrogen (secondary N) is 2. The van der Waals surface area contributed by atoms with Crippen LogP contribution in [0.4, 0.5) is 4.39 Å². The third kappa shape index (κ3) is 3.03. The van der Waals surface area contributed by atoms with Gasteiger partial charge in [-0.15, -0.1) is 0 Å². The molecule has 108 valence electrons. The maximum atomic E-state index is 13.2. The average molecular weight is 285 g/mol. The number of aromatic amines is 1. The molecule has 0 bridgehead atoms. The quantitative estimate of drug-likeness (QED) is 0.689. The Labute approximate surface area is 121 Å². The maximum absolute atomic E-state index is 13.2. The van der Waals surface area contributed by atoms with Crippen molar-refractivity contribution in [3.63, 3.8) is 0 Å². The van der Waals surface area contributed by atoms with Gasteiger partial charge < -0.3 is 15.4 Å². The second kappa shape index (κ2) is 5.54. The Kier molecular flexibility index (Phi) is 3.58. The molecular formula is C16H16FN3O. The fourth-order valence-corrected chi connectivity index (χ4v) is 2.28. The van der Waals surface area contributed by atoms with Gasteiger partial charge in [0.15, 0.2) is 0 Å². The molecule has 0 aliphatic carbocycles. The lowest BCUT2D eigenvalue weighted by atomic mass is 10.2. The first kappa shape index (κ1) is 13.6. The van der Waals surface area contributed by atoms with E-state index in [0.717, 1.165) is 22.9 Å². The van der Waals surface area contributed by atoms with Gasteiger partial charge in [-0.25, -0.2) is 9.37 Å². The number of aromatic nitrogens is 2. The fraction of sp³-hybridized carbons (Fsp3) is 0.188. The first-order valence-electron chi connectivity index (χ1n) is 6.78. The molecule has 3 N–H and O–H groups in total. The highest BCUT2D eigenvalue weighted by Gasteiger charge is 2.10. The fourth-order valence-electron chi connectivity index (χ4n) is 2.28. The molecule has 3 aromatic rings. The largest absolute Gasteiger partial charge is 0.508 e. The van der Waals surface area contributed by atoms with Crippen molar-refractivity contribution in [2.24, 2.45) is 0 Å². The number of hydrogen-bond donors (Lipinski definition) is 3. The first-order valence-corrected chi connectivity index (χ1v) is 6.78. The lowest BCUT2D eigenvalue weighted by molar-refractivity contribution is 0.466. The predicted molar refractivity (Wildman–Crippen MR) is 79.4 cm³/mol. The number of aromatic hydroxyl groups is 1. The number of benzene rings is 2. The molecule has 5 heteroatoms. The van der Waals surface area contributed by atoms with Crippen LogP contribution in [0.3, 0.4) is 0 Å². The van der Waals surface area contributed by atoms with Crippen molar-refractivity contribution >= 4 is 11.0 Å². The summed E-state index contributed by atoms with van der Waals surface area (Å²) in [5.74, 6) is 0.322. The first-order chi connectivity index (χ1) is 10.1. The van der Waals surface area contributed by atoms with Gasteiger partial charge in [-0.3, -0.25) is 0 Å². The number of rotatable bonds is 4. The maximum Gasteiger partial charge on any atom is 0.127 e. The standard InChI is InChI=1S/C16H16FN3O/c1-10(16-19-14-4-2-3-5-15(14)20-16)18-9-11-6-12(17)8-13(21)7-11/h2-8,10,18,21H,9H2,1H3,(H,19,20). The normalized spacial score (nSPS) is 12.7. The minimum Gasteiger partial charge on any atom is -0.508 e. The van der Waals surface area contributed by atoms with Crippen LogP contribution in [0.5, 0.6) is 5.75 Å². The number of H-pyrrole nitrogens is 1. The van der Waals surface area contributed by atoms with Gasteiger partial charge in [-0.2, -0.15) is 0 Å². The highest BCUT2D eigenvalue weighted by atomic mass is 19.1. The topological polar surface area (TPSA) is 60.9 Å². The van der Waals surface area contributed by atoms with Gasteiger partial charge in [0.2, 0.25) is 0 Å². The van der Waals surface area contributed by atoms with Crippen LogP contribution in [0, 0.1) is 5.82 Å². The van der Waals surface area contributed by atoms with E-state index in [1.807, 2.05) is 31.2 Å². The Hall–Kier alpha value is -2.40. The summed E-state index contributed by atoms with van der Waals surface area (Å²) < 4.78 is 13.2. The summed E-state index contributed by atoms with van der Waals surface area (Å²) in [7, 11) is 0. The van der Waals surface area contributed by atoms with Crippen LogP contribution < -0.4 is 5.32 Å². The van der Waals surface area contributed by atoms with E-state index in [1.54, 1.807) is 6.07 Å². The summed E-state index contributed by atoms with van der Waals surface area (Å²) in [6.45, 7) is 2.43. The van der Waals surface area contributed by atoms with Crippen molar-refractivity contribution in [1.29, 1.82) is 0 Å². The average Bonchev–Trinajstić information content (AvgIpc) is 2.87. The molecule has 0 aliphatic heterocycles. The molecule has 0 fully saturated rings. The lowest BCUT2D eigenvalue weighted by Crippen LogP contribution is -2.19. The predicted octanol–water partition coefficient (Wildman–Crippen LogP) is 3.26. The zero-order valence-electron chi connectivity index (χ0n) is 11.6. The lowest BCUT2D eigenvalue weighted by Gasteiger charge is -2.11. The van der Waals surface area contributed by atoms with E-state index in [-0.39, 0.29) is 11.8 Å². The van der Waals surface area contributed by atoms with Gasteiger partial charge >= 0.3 is 0 Å². The summed E-state index contributed by atoms with van der Waals surface area (Å²) in [4.78, 5) is 7.78. The van der Waals surface area contributed by atoms with Crippen LogP contribution in [0.1, 0.15) is 24.4 Å². The SMILES string of the molecule is CC(NCc1cc(O)cc(F)c1)c1nc2ccccc2[nH]1. The van der Waals surface area contributed by atoms with Crippen molar-refractivity contribution < 1.29 is 9.50 Å². The Morgan fingerprint density at radius 2 is 2.10 bits per heavy atom. The van der Waals surface area contributed by atoms with Crippen LogP contribution in [-0.2, 0) is 6.54 Å². The Morgan fingerprint density at radius 1 is 1.29 bits per heavy atom. The van der Waals surface area contributed by atoms with E-state index in [2.05, 4.69) is 15.3 Å². The van der Waals surface area contributed by atoms with Crippen LogP contribution in [-0.4, -0.2) is 15.1 Å². The van der Waals surface area contributed by atoms with Gasteiger partial charge in [0, 0.05) is 12.6 Å². The number of imidazole rings is 1. The Morgan fingerprint density at radius 3 is 2.86 bits per heavy atom. The van der Waals surface area contributed by atoms with Gasteiger partial charge in [-0.1, -0.05) is 12.1 Å². The molecule has 0 spiro atoms. The zero-order valence-corrected chi connectivity index (χ0v) is 11.6. The molecule has 1 heterocycles. The van der Waals surface area contributed by atoms with Crippen molar-refractivity contribution in [1.82, 2.24) is 15.3 Å². The molecule has 2 aromatic carbocycles. The smallest absolute Gasteiger partial charge is 0.127 e. The molecule has 3 rings (SSSR count). The summed E-state index contributed by atoms with van der Waals surface area (Å²) in [5, 5.41) is 12.6. The van der Waals surface area contributed by atoms with Crippen LogP contribution in [0.2, 0.25) is 0 Å². The number of hydrogen-bond acceptors (Lipinski definition) is 3. The third-order valence-electron chi connectivity index (χ3n) is 3.37. The number of halogens is 1. The number of phenols is 1.